The molecule has 0 atom stereocenters. The van der Waals surface area contributed by atoms with Crippen molar-refractivity contribution in [3.63, 3.8) is 0 Å². The van der Waals surface area contributed by atoms with Crippen molar-refractivity contribution in [1.29, 1.82) is 0 Å². The molecule has 0 radical (unpaired) electrons. The minimum absolute atomic E-state index is 0.108. The van der Waals surface area contributed by atoms with Crippen molar-refractivity contribution in [1.82, 2.24) is 4.90 Å². The number of hydrogen-bond donors (Lipinski definition) is 0. The van der Waals surface area contributed by atoms with Crippen LogP contribution >= 0.6 is 0 Å². The molecule has 0 spiro atoms. The summed E-state index contributed by atoms with van der Waals surface area (Å²) in [5.41, 5.74) is 0. The summed E-state index contributed by atoms with van der Waals surface area (Å²) in [6.45, 7) is 7.32. The molecule has 0 aromatic carbocycles. The number of ether oxygens (including phenoxy) is 1. The van der Waals surface area contributed by atoms with Crippen LogP contribution in [0.5, 0.6) is 0 Å². The average molecular weight is 189 g/mol. The highest BCUT2D eigenvalue weighted by Gasteiger charge is 1.97. The smallest absolute Gasteiger partial charge is 0.305 e. The Hall–Kier alpha value is -0.570. The monoisotopic (exact) mass is 189 g/mol. The Kier molecular flexibility index (Phi) is 13.1. The molecule has 0 fully saturated rings. The first-order valence-corrected chi connectivity index (χ1v) is 4.97. The highest BCUT2D eigenvalue weighted by Crippen LogP contribution is 1.88. The number of carbonyl (C=O) groups excluding carboxylic acids is 1. The summed E-state index contributed by atoms with van der Waals surface area (Å²) in [5, 5.41) is 0. The Balaban J connectivity index is 0. The molecule has 0 bridgehead atoms. The highest BCUT2D eigenvalue weighted by atomic mass is 16.5. The minimum Gasteiger partial charge on any atom is -0.466 e. The van der Waals surface area contributed by atoms with Crippen LogP contribution in [-0.4, -0.2) is 38.1 Å². The topological polar surface area (TPSA) is 29.5 Å². The van der Waals surface area contributed by atoms with E-state index in [1.807, 2.05) is 27.9 Å². The number of nitrogens with zero attached hydrogens (tertiary/aromatic N) is 1. The van der Waals surface area contributed by atoms with E-state index < -0.39 is 0 Å². The zero-order valence-electron chi connectivity index (χ0n) is 9.59. The van der Waals surface area contributed by atoms with Gasteiger partial charge in [-0.3, -0.25) is 4.79 Å². The van der Waals surface area contributed by atoms with Crippen LogP contribution in [-0.2, 0) is 9.53 Å². The van der Waals surface area contributed by atoms with Crippen molar-refractivity contribution in [3.05, 3.63) is 0 Å². The fourth-order valence-electron chi connectivity index (χ4n) is 0.669. The van der Waals surface area contributed by atoms with Crippen molar-refractivity contribution < 1.29 is 9.53 Å². The second kappa shape index (κ2) is 11.4. The number of hydrogen-bond acceptors (Lipinski definition) is 3. The van der Waals surface area contributed by atoms with E-state index in [2.05, 4.69) is 4.90 Å². The van der Waals surface area contributed by atoms with Gasteiger partial charge in [-0.25, -0.2) is 0 Å². The normalized spacial score (nSPS) is 9.08. The van der Waals surface area contributed by atoms with Gasteiger partial charge in [0, 0.05) is 13.0 Å². The Morgan fingerprint density at radius 1 is 1.31 bits per heavy atom. The zero-order chi connectivity index (χ0) is 10.7. The molecule has 0 saturated carbocycles. The molecule has 0 N–H and O–H groups in total. The van der Waals surface area contributed by atoms with E-state index in [-0.39, 0.29) is 5.97 Å². The fourth-order valence-corrected chi connectivity index (χ4v) is 0.669. The Morgan fingerprint density at radius 2 is 1.85 bits per heavy atom. The third-order valence-electron chi connectivity index (χ3n) is 1.30. The molecule has 0 aliphatic rings. The van der Waals surface area contributed by atoms with Gasteiger partial charge in [0.05, 0.1) is 6.61 Å². The van der Waals surface area contributed by atoms with Gasteiger partial charge >= 0.3 is 5.97 Å². The summed E-state index contributed by atoms with van der Waals surface area (Å²) in [4.78, 5) is 12.7. The van der Waals surface area contributed by atoms with Gasteiger partial charge in [0.2, 0.25) is 0 Å². The van der Waals surface area contributed by atoms with Crippen LogP contribution in [0.3, 0.4) is 0 Å². The first-order valence-electron chi connectivity index (χ1n) is 4.97. The second-order valence-electron chi connectivity index (χ2n) is 2.73. The molecular formula is C10H23NO2. The van der Waals surface area contributed by atoms with Gasteiger partial charge in [0.15, 0.2) is 0 Å². The predicted molar refractivity (Wildman–Crippen MR) is 55.8 cm³/mol. The molecule has 0 saturated heterocycles. The summed E-state index contributed by atoms with van der Waals surface area (Å²) in [7, 11) is 4.00. The Labute approximate surface area is 82.1 Å². The average Bonchev–Trinajstić information content (AvgIpc) is 2.15. The molecule has 0 aliphatic heterocycles. The van der Waals surface area contributed by atoms with Crippen LogP contribution in [0.25, 0.3) is 0 Å². The molecule has 13 heavy (non-hydrogen) atoms. The Morgan fingerprint density at radius 3 is 2.23 bits per heavy atom. The lowest BCUT2D eigenvalue weighted by atomic mass is 10.4. The molecule has 3 nitrogen and oxygen atoms in total. The largest absolute Gasteiger partial charge is 0.466 e. The van der Waals surface area contributed by atoms with Gasteiger partial charge in [-0.15, -0.1) is 0 Å². The molecule has 0 aliphatic carbocycles. The van der Waals surface area contributed by atoms with Gasteiger partial charge < -0.3 is 9.64 Å². The maximum Gasteiger partial charge on any atom is 0.305 e. The molecular weight excluding hydrogens is 166 g/mol. The van der Waals surface area contributed by atoms with E-state index in [0.29, 0.717) is 13.0 Å². The van der Waals surface area contributed by atoms with E-state index in [9.17, 15) is 4.79 Å². The van der Waals surface area contributed by atoms with Crippen molar-refractivity contribution in [2.45, 2.75) is 33.6 Å². The molecule has 80 valence electrons. The molecule has 0 amide bonds. The van der Waals surface area contributed by atoms with E-state index in [0.717, 1.165) is 13.0 Å². The second-order valence-corrected chi connectivity index (χ2v) is 2.73. The molecule has 0 aromatic heterocycles. The summed E-state index contributed by atoms with van der Waals surface area (Å²) in [6, 6.07) is 0. The third-order valence-corrected chi connectivity index (χ3v) is 1.30. The maximum atomic E-state index is 10.6. The third kappa shape index (κ3) is 14.3. The Bertz CT molecular complexity index is 113. The molecule has 0 aromatic rings. The van der Waals surface area contributed by atoms with Gasteiger partial charge in [0.1, 0.15) is 0 Å². The number of carbonyl (C=O) groups is 1. The first kappa shape index (κ1) is 14.9. The lowest BCUT2D eigenvalue weighted by Crippen LogP contribution is -2.15. The summed E-state index contributed by atoms with van der Waals surface area (Å²) in [6.07, 6.45) is 1.39. The van der Waals surface area contributed by atoms with E-state index in [1.165, 1.54) is 0 Å². The van der Waals surface area contributed by atoms with Crippen LogP contribution < -0.4 is 0 Å². The summed E-state index contributed by atoms with van der Waals surface area (Å²) < 4.78 is 4.88. The van der Waals surface area contributed by atoms with Crippen LogP contribution in [0.15, 0.2) is 0 Å². The van der Waals surface area contributed by atoms with E-state index >= 15 is 0 Å². The van der Waals surface area contributed by atoms with Crippen LogP contribution in [0.1, 0.15) is 33.6 Å². The van der Waals surface area contributed by atoms with Gasteiger partial charge in [-0.05, 0) is 20.5 Å². The molecule has 0 heterocycles. The highest BCUT2D eigenvalue weighted by molar-refractivity contribution is 5.68. The van der Waals surface area contributed by atoms with E-state index in [1.54, 1.807) is 6.92 Å². The van der Waals surface area contributed by atoms with Crippen molar-refractivity contribution in [2.75, 3.05) is 27.2 Å². The van der Waals surface area contributed by atoms with Crippen molar-refractivity contribution in [3.8, 4) is 0 Å². The minimum atomic E-state index is -0.108. The lowest BCUT2D eigenvalue weighted by Gasteiger charge is -2.08. The lowest BCUT2D eigenvalue weighted by molar-refractivity contribution is -0.143. The van der Waals surface area contributed by atoms with Crippen LogP contribution in [0.2, 0.25) is 0 Å². The molecule has 0 unspecified atom stereocenters. The summed E-state index contributed by atoms with van der Waals surface area (Å²) >= 11 is 0. The number of esters is 1. The van der Waals surface area contributed by atoms with Crippen LogP contribution in [0.4, 0.5) is 0 Å². The summed E-state index contributed by atoms with van der Waals surface area (Å²) in [5.74, 6) is -0.108. The first-order chi connectivity index (χ1) is 6.16. The standard InChI is InChI=1S/C8H17NO2.C2H6/c1-4-8(10)11-7-5-6-9(2)3;1-2/h4-7H2,1-3H3;1-2H3. The molecule has 3 heteroatoms. The van der Waals surface area contributed by atoms with Gasteiger partial charge in [0.25, 0.3) is 0 Å². The van der Waals surface area contributed by atoms with Crippen LogP contribution in [0, 0.1) is 0 Å². The maximum absolute atomic E-state index is 10.6. The number of rotatable bonds is 5. The zero-order valence-corrected chi connectivity index (χ0v) is 9.59. The van der Waals surface area contributed by atoms with Gasteiger partial charge in [-0.1, -0.05) is 20.8 Å². The SMILES string of the molecule is CC.CCC(=O)OCCCN(C)C. The van der Waals surface area contributed by atoms with Crippen molar-refractivity contribution in [2.24, 2.45) is 0 Å². The van der Waals surface area contributed by atoms with E-state index in [4.69, 9.17) is 4.74 Å². The van der Waals surface area contributed by atoms with Crippen molar-refractivity contribution >= 4 is 5.97 Å². The quantitative estimate of drug-likeness (QED) is 0.489. The predicted octanol–water partition coefficient (Wildman–Crippen LogP) is 1.92. The molecule has 0 rings (SSSR count). The fraction of sp³-hybridized carbons (Fsp3) is 0.900. The van der Waals surface area contributed by atoms with Gasteiger partial charge in [-0.2, -0.15) is 0 Å².